The van der Waals surface area contributed by atoms with Crippen molar-refractivity contribution in [2.45, 2.75) is 58.0 Å². The number of hydrogen-bond donors (Lipinski definition) is 1. The van der Waals surface area contributed by atoms with Gasteiger partial charge in [0.25, 0.3) is 0 Å². The third-order valence-corrected chi connectivity index (χ3v) is 3.13. The monoisotopic (exact) mass is 326 g/mol. The van der Waals surface area contributed by atoms with Crippen LogP contribution < -0.4 is 5.32 Å². The predicted molar refractivity (Wildman–Crippen MR) is 75.7 cm³/mol. The Hall–Kier alpha value is -1.02. The maximum absolute atomic E-state index is 12.2. The molecular formula is C14H25F3N2O3. The predicted octanol–water partition coefficient (Wildman–Crippen LogP) is 2.55. The topological polar surface area (TPSA) is 50.8 Å². The molecule has 0 aliphatic carbocycles. The van der Waals surface area contributed by atoms with Gasteiger partial charge in [0.15, 0.2) is 0 Å². The number of morpholine rings is 1. The van der Waals surface area contributed by atoms with E-state index in [1.807, 2.05) is 0 Å². The molecule has 0 aromatic heterocycles. The van der Waals surface area contributed by atoms with Gasteiger partial charge in [-0.2, -0.15) is 13.2 Å². The number of nitrogens with one attached hydrogen (secondary N) is 1. The summed E-state index contributed by atoms with van der Waals surface area (Å²) < 4.78 is 47.3. The molecule has 0 radical (unpaired) electrons. The highest BCUT2D eigenvalue weighted by atomic mass is 19.4. The van der Waals surface area contributed by atoms with E-state index in [9.17, 15) is 18.0 Å². The van der Waals surface area contributed by atoms with Crippen molar-refractivity contribution in [3.63, 3.8) is 0 Å². The third-order valence-electron chi connectivity index (χ3n) is 3.13. The van der Waals surface area contributed by atoms with Crippen LogP contribution in [0.15, 0.2) is 0 Å². The van der Waals surface area contributed by atoms with Crippen molar-refractivity contribution in [2.24, 2.45) is 0 Å². The van der Waals surface area contributed by atoms with Crippen molar-refractivity contribution >= 4 is 6.09 Å². The summed E-state index contributed by atoms with van der Waals surface area (Å²) in [4.78, 5) is 13.7. The minimum atomic E-state index is -4.25. The Morgan fingerprint density at radius 2 is 2.05 bits per heavy atom. The second-order valence-corrected chi connectivity index (χ2v) is 6.54. The lowest BCUT2D eigenvalue weighted by atomic mass is 10.1. The lowest BCUT2D eigenvalue weighted by molar-refractivity contribution is -0.126. The van der Waals surface area contributed by atoms with Crippen molar-refractivity contribution in [3.8, 4) is 0 Å². The first-order valence-electron chi connectivity index (χ1n) is 7.35. The molecule has 2 unspecified atom stereocenters. The fraction of sp³-hybridized carbons (Fsp3) is 0.929. The number of carbonyl (C=O) groups is 1. The minimum absolute atomic E-state index is 0.292. The Labute approximate surface area is 129 Å². The first-order chi connectivity index (χ1) is 9.98. The Morgan fingerprint density at radius 1 is 1.41 bits per heavy atom. The number of rotatable bonds is 4. The van der Waals surface area contributed by atoms with E-state index in [4.69, 9.17) is 9.47 Å². The van der Waals surface area contributed by atoms with Gasteiger partial charge in [0.1, 0.15) is 5.60 Å². The number of carbonyl (C=O) groups excluding carboxylic acids is 1. The van der Waals surface area contributed by atoms with Gasteiger partial charge in [-0.1, -0.05) is 0 Å². The van der Waals surface area contributed by atoms with Crippen LogP contribution in [-0.2, 0) is 9.47 Å². The zero-order valence-corrected chi connectivity index (χ0v) is 13.5. The molecule has 0 bridgehead atoms. The number of nitrogens with zero attached hydrogens (tertiary/aromatic N) is 1. The molecule has 1 rings (SSSR count). The first-order valence-corrected chi connectivity index (χ1v) is 7.35. The third kappa shape index (κ3) is 7.31. The largest absolute Gasteiger partial charge is 0.444 e. The van der Waals surface area contributed by atoms with Crippen molar-refractivity contribution in [3.05, 3.63) is 0 Å². The van der Waals surface area contributed by atoms with Gasteiger partial charge in [-0.3, -0.25) is 0 Å². The molecular weight excluding hydrogens is 301 g/mol. The molecule has 0 aromatic carbocycles. The van der Waals surface area contributed by atoms with Gasteiger partial charge in [-0.15, -0.1) is 0 Å². The Kier molecular flexibility index (Phi) is 6.49. The average Bonchev–Trinajstić information content (AvgIpc) is 2.34. The maximum atomic E-state index is 12.2. The summed E-state index contributed by atoms with van der Waals surface area (Å²) in [7, 11) is 0. The fourth-order valence-electron chi connectivity index (χ4n) is 2.19. The summed E-state index contributed by atoms with van der Waals surface area (Å²) in [5, 5.41) is 2.42. The molecule has 1 aliphatic rings. The van der Waals surface area contributed by atoms with Crippen molar-refractivity contribution in [1.29, 1.82) is 0 Å². The Balaban J connectivity index is 2.56. The normalized spacial score (nSPS) is 21.6. The molecule has 130 valence electrons. The molecule has 2 atom stereocenters. The van der Waals surface area contributed by atoms with E-state index in [1.165, 1.54) is 0 Å². The van der Waals surface area contributed by atoms with Gasteiger partial charge in [0, 0.05) is 12.6 Å². The van der Waals surface area contributed by atoms with Gasteiger partial charge in [-0.25, -0.2) is 4.79 Å². The number of amides is 1. The summed E-state index contributed by atoms with van der Waals surface area (Å²) in [5.74, 6) is 0. The Bertz CT molecular complexity index is 369. The van der Waals surface area contributed by atoms with Gasteiger partial charge in [-0.05, 0) is 34.1 Å². The van der Waals surface area contributed by atoms with Gasteiger partial charge < -0.3 is 19.7 Å². The van der Waals surface area contributed by atoms with Crippen molar-refractivity contribution in [1.82, 2.24) is 10.2 Å². The van der Waals surface area contributed by atoms with Crippen molar-refractivity contribution in [2.75, 3.05) is 26.3 Å². The summed E-state index contributed by atoms with van der Waals surface area (Å²) >= 11 is 0. The smallest absolute Gasteiger partial charge is 0.410 e. The fourth-order valence-corrected chi connectivity index (χ4v) is 2.19. The molecule has 8 heteroatoms. The standard InChI is InChI=1S/C14H25F3N2O3/c1-10(18-9-14(15,16)17)7-11-8-21-6-5-19(11)12(20)22-13(2,3)4/h10-11,18H,5-9H2,1-4H3. The van der Waals surface area contributed by atoms with Crippen LogP contribution in [0, 0.1) is 0 Å². The lowest BCUT2D eigenvalue weighted by Gasteiger charge is -2.37. The summed E-state index contributed by atoms with van der Waals surface area (Å²) in [6.07, 6.45) is -4.33. The van der Waals surface area contributed by atoms with E-state index < -0.39 is 30.5 Å². The average molecular weight is 326 g/mol. The molecule has 1 heterocycles. The first kappa shape index (κ1) is 19.0. The summed E-state index contributed by atoms with van der Waals surface area (Å²) in [6, 6.07) is -0.683. The highest BCUT2D eigenvalue weighted by Crippen LogP contribution is 2.18. The van der Waals surface area contributed by atoms with E-state index in [1.54, 1.807) is 32.6 Å². The minimum Gasteiger partial charge on any atom is -0.444 e. The highest BCUT2D eigenvalue weighted by molar-refractivity contribution is 5.68. The van der Waals surface area contributed by atoms with Crippen LogP contribution in [0.4, 0.5) is 18.0 Å². The Morgan fingerprint density at radius 3 is 2.59 bits per heavy atom. The van der Waals surface area contributed by atoms with Gasteiger partial charge in [0.2, 0.25) is 0 Å². The van der Waals surface area contributed by atoms with Crippen LogP contribution in [0.1, 0.15) is 34.1 Å². The SMILES string of the molecule is CC(CC1COCCN1C(=O)OC(C)(C)C)NCC(F)(F)F. The molecule has 0 aromatic rings. The van der Waals surface area contributed by atoms with E-state index in [0.29, 0.717) is 26.2 Å². The number of ether oxygens (including phenoxy) is 2. The molecule has 1 N–H and O–H groups in total. The quantitative estimate of drug-likeness (QED) is 0.863. The zero-order chi connectivity index (χ0) is 17.0. The number of alkyl halides is 3. The second-order valence-electron chi connectivity index (χ2n) is 6.54. The molecule has 0 spiro atoms. The number of halogens is 3. The highest BCUT2D eigenvalue weighted by Gasteiger charge is 2.33. The molecule has 1 amide bonds. The molecule has 22 heavy (non-hydrogen) atoms. The maximum Gasteiger partial charge on any atom is 0.410 e. The summed E-state index contributed by atoms with van der Waals surface area (Å²) in [5.41, 5.74) is -0.611. The summed E-state index contributed by atoms with van der Waals surface area (Å²) in [6.45, 7) is 7.01. The van der Waals surface area contributed by atoms with E-state index in [0.717, 1.165) is 0 Å². The molecule has 5 nitrogen and oxygen atoms in total. The van der Waals surface area contributed by atoms with Crippen LogP contribution in [0.25, 0.3) is 0 Å². The van der Waals surface area contributed by atoms with E-state index in [-0.39, 0.29) is 6.04 Å². The molecule has 0 saturated carbocycles. The molecule has 1 aliphatic heterocycles. The van der Waals surface area contributed by atoms with Crippen LogP contribution in [0.5, 0.6) is 0 Å². The number of hydrogen-bond acceptors (Lipinski definition) is 4. The van der Waals surface area contributed by atoms with Crippen LogP contribution in [0.2, 0.25) is 0 Å². The van der Waals surface area contributed by atoms with E-state index in [2.05, 4.69) is 5.32 Å². The second kappa shape index (κ2) is 7.50. The van der Waals surface area contributed by atoms with Crippen molar-refractivity contribution < 1.29 is 27.4 Å². The van der Waals surface area contributed by atoms with Gasteiger partial charge >= 0.3 is 12.3 Å². The zero-order valence-electron chi connectivity index (χ0n) is 13.5. The van der Waals surface area contributed by atoms with Crippen LogP contribution in [-0.4, -0.2) is 61.2 Å². The lowest BCUT2D eigenvalue weighted by Crippen LogP contribution is -2.52. The van der Waals surface area contributed by atoms with Crippen LogP contribution in [0.3, 0.4) is 0 Å². The molecule has 1 fully saturated rings. The van der Waals surface area contributed by atoms with Gasteiger partial charge in [0.05, 0.1) is 25.8 Å². The molecule has 1 saturated heterocycles. The van der Waals surface area contributed by atoms with E-state index >= 15 is 0 Å². The van der Waals surface area contributed by atoms with Crippen LogP contribution >= 0.6 is 0 Å².